The van der Waals surface area contributed by atoms with E-state index in [1.807, 2.05) is 0 Å². The molecule has 2 aromatic carbocycles. The molecule has 7 nitrogen and oxygen atoms in total. The van der Waals surface area contributed by atoms with Gasteiger partial charge in [0.25, 0.3) is 0 Å². The van der Waals surface area contributed by atoms with Crippen molar-refractivity contribution in [2.75, 3.05) is 38.6 Å². The molecule has 210 valence electrons. The van der Waals surface area contributed by atoms with E-state index < -0.39 is 40.8 Å². The van der Waals surface area contributed by atoms with Gasteiger partial charge in [0.15, 0.2) is 11.6 Å². The van der Waals surface area contributed by atoms with Crippen molar-refractivity contribution >= 4 is 22.6 Å². The molecule has 0 saturated carbocycles. The highest BCUT2D eigenvalue weighted by Gasteiger charge is 2.37. The number of benzene rings is 2. The van der Waals surface area contributed by atoms with Gasteiger partial charge in [-0.2, -0.15) is 0 Å². The third-order valence-corrected chi connectivity index (χ3v) is 7.53. The maximum Gasteiger partial charge on any atom is 0.303 e. The lowest BCUT2D eigenvalue weighted by Gasteiger charge is -2.41. The summed E-state index contributed by atoms with van der Waals surface area (Å²) in [6, 6.07) is 6.36. The van der Waals surface area contributed by atoms with Crippen LogP contribution in [0.3, 0.4) is 0 Å². The molecule has 11 heteroatoms. The van der Waals surface area contributed by atoms with E-state index in [2.05, 4.69) is 15.2 Å². The number of methoxy groups -OCH3 is 1. The molecule has 0 spiro atoms. The number of ether oxygens (including phenoxy) is 1. The van der Waals surface area contributed by atoms with Crippen molar-refractivity contribution in [3.05, 3.63) is 65.4 Å². The molecular weight excluding hydrogens is 518 g/mol. The van der Waals surface area contributed by atoms with E-state index in [0.717, 1.165) is 12.3 Å². The summed E-state index contributed by atoms with van der Waals surface area (Å²) >= 11 is 0. The first-order valence-electron chi connectivity index (χ1n) is 12.7. The number of aromatic nitrogens is 1. The normalized spacial score (nSPS) is 16.3. The topological polar surface area (TPSA) is 94.9 Å². The molecule has 4 rings (SSSR count). The number of hydrogen-bond acceptors (Lipinski definition) is 6. The van der Waals surface area contributed by atoms with Gasteiger partial charge in [-0.15, -0.1) is 0 Å². The monoisotopic (exact) mass is 549 g/mol. The summed E-state index contributed by atoms with van der Waals surface area (Å²) in [5.41, 5.74) is -0.235. The first kappa shape index (κ1) is 28.6. The molecule has 1 unspecified atom stereocenters. The molecule has 0 bridgehead atoms. The maximum absolute atomic E-state index is 14.8. The van der Waals surface area contributed by atoms with Crippen LogP contribution in [-0.4, -0.2) is 59.4 Å². The third kappa shape index (κ3) is 6.77. The summed E-state index contributed by atoms with van der Waals surface area (Å²) in [6.07, 6.45) is 1.39. The Labute approximate surface area is 223 Å². The third-order valence-electron chi connectivity index (χ3n) is 7.53. The number of hydrogen-bond donors (Lipinski definition) is 3. The van der Waals surface area contributed by atoms with Gasteiger partial charge in [-0.3, -0.25) is 9.78 Å². The van der Waals surface area contributed by atoms with Crippen molar-refractivity contribution in [1.82, 2.24) is 9.88 Å². The number of nitrogens with zero attached hydrogens (tertiary/aromatic N) is 2. The van der Waals surface area contributed by atoms with Crippen molar-refractivity contribution in [3.8, 4) is 5.75 Å². The van der Waals surface area contributed by atoms with E-state index in [1.54, 1.807) is 18.2 Å². The highest BCUT2D eigenvalue weighted by molar-refractivity contribution is 5.84. The highest BCUT2D eigenvalue weighted by atomic mass is 19.2. The number of likely N-dealkylation sites (tertiary alicyclic amines) is 1. The number of piperidine rings is 1. The van der Waals surface area contributed by atoms with E-state index >= 15 is 0 Å². The van der Waals surface area contributed by atoms with E-state index in [-0.39, 0.29) is 30.6 Å². The molecule has 1 aromatic heterocycles. The molecule has 2 heterocycles. The van der Waals surface area contributed by atoms with Crippen LogP contribution in [0.15, 0.2) is 36.5 Å². The lowest BCUT2D eigenvalue weighted by molar-refractivity contribution is -0.141. The molecule has 1 fully saturated rings. The number of carboxylic acid groups (broad SMARTS) is 1. The second-order valence-electron chi connectivity index (χ2n) is 10.0. The average Bonchev–Trinajstić information content (AvgIpc) is 2.90. The van der Waals surface area contributed by atoms with Crippen molar-refractivity contribution in [2.45, 2.75) is 38.2 Å². The number of nitrogens with one attached hydrogen (secondary N) is 1. The summed E-state index contributed by atoms with van der Waals surface area (Å²) in [4.78, 5) is 17.9. The predicted octanol–water partition coefficient (Wildman–Crippen LogP) is 5.28. The zero-order valence-corrected chi connectivity index (χ0v) is 21.5. The lowest BCUT2D eigenvalue weighted by atomic mass is 9.71. The van der Waals surface area contributed by atoms with Gasteiger partial charge in [0.05, 0.1) is 37.0 Å². The molecule has 0 radical (unpaired) electrons. The maximum atomic E-state index is 14.8. The molecule has 3 aromatic rings. The molecule has 3 N–H and O–H groups in total. The van der Waals surface area contributed by atoms with Gasteiger partial charge in [0.2, 0.25) is 0 Å². The predicted molar refractivity (Wildman–Crippen MR) is 138 cm³/mol. The summed E-state index contributed by atoms with van der Waals surface area (Å²) in [6.45, 7) is 1.80. The zero-order chi connectivity index (χ0) is 28.2. The van der Waals surface area contributed by atoms with Crippen molar-refractivity contribution in [3.63, 3.8) is 0 Å². The van der Waals surface area contributed by atoms with Gasteiger partial charge < -0.3 is 25.2 Å². The Morgan fingerprint density at radius 1 is 1.15 bits per heavy atom. The van der Waals surface area contributed by atoms with Crippen LogP contribution in [0.1, 0.15) is 43.8 Å². The number of anilines is 1. The number of rotatable bonds is 11. The molecule has 39 heavy (non-hydrogen) atoms. The molecule has 1 aliphatic heterocycles. The van der Waals surface area contributed by atoms with Gasteiger partial charge in [0.1, 0.15) is 17.4 Å². The van der Waals surface area contributed by atoms with Crippen LogP contribution in [-0.2, 0) is 4.79 Å². The van der Waals surface area contributed by atoms with Crippen LogP contribution < -0.4 is 10.1 Å². The van der Waals surface area contributed by atoms with Crippen molar-refractivity contribution in [1.29, 1.82) is 0 Å². The van der Waals surface area contributed by atoms with Gasteiger partial charge in [-0.25, -0.2) is 17.6 Å². The Kier molecular flexibility index (Phi) is 8.91. The number of fused-ring (bicyclic) bond motifs is 1. The van der Waals surface area contributed by atoms with Crippen LogP contribution >= 0.6 is 0 Å². The number of aliphatic carboxylic acids is 1. The molecule has 0 aliphatic carbocycles. The number of carboxylic acids is 1. The van der Waals surface area contributed by atoms with E-state index in [4.69, 9.17) is 4.74 Å². The van der Waals surface area contributed by atoms with Crippen molar-refractivity contribution < 1.29 is 37.3 Å². The second kappa shape index (κ2) is 12.2. The number of halogens is 4. The van der Waals surface area contributed by atoms with Gasteiger partial charge in [-0.05, 0) is 62.4 Å². The highest BCUT2D eigenvalue weighted by Crippen LogP contribution is 2.42. The summed E-state index contributed by atoms with van der Waals surface area (Å²) in [7, 11) is 1.49. The Bertz CT molecular complexity index is 1330. The Hall–Kier alpha value is -3.44. The fraction of sp³-hybridized carbons (Fsp3) is 0.429. The fourth-order valence-corrected chi connectivity index (χ4v) is 5.34. The van der Waals surface area contributed by atoms with Crippen LogP contribution in [0.4, 0.5) is 23.2 Å². The Balaban J connectivity index is 1.39. The van der Waals surface area contributed by atoms with Crippen LogP contribution in [0, 0.1) is 28.7 Å². The number of aliphatic hydroxyl groups is 1. The van der Waals surface area contributed by atoms with E-state index in [1.165, 1.54) is 7.11 Å². The standard InChI is InChI=1S/C28H31F4N3O4/c1-39-18-2-3-22-19(14-18)26(21(31)16-34-22)24(36)4-5-28(15-25(37)38)6-9-35(10-7-28)11-8-33-23-13-17(29)12-20(30)27(23)32/h2-3,12-14,16,24,33,36H,4-11,15H2,1H3,(H,37,38). The lowest BCUT2D eigenvalue weighted by Crippen LogP contribution is -2.43. The minimum Gasteiger partial charge on any atom is -0.497 e. The zero-order valence-electron chi connectivity index (χ0n) is 21.5. The average molecular weight is 550 g/mol. The molecular formula is C28H31F4N3O4. The largest absolute Gasteiger partial charge is 0.497 e. The Morgan fingerprint density at radius 2 is 1.90 bits per heavy atom. The fourth-order valence-electron chi connectivity index (χ4n) is 5.34. The van der Waals surface area contributed by atoms with Gasteiger partial charge in [-0.1, -0.05) is 0 Å². The van der Waals surface area contributed by atoms with Gasteiger partial charge >= 0.3 is 5.97 Å². The second-order valence-corrected chi connectivity index (χ2v) is 10.0. The quantitative estimate of drug-likeness (QED) is 0.221. The summed E-state index contributed by atoms with van der Waals surface area (Å²) in [5.74, 6) is -4.39. The summed E-state index contributed by atoms with van der Waals surface area (Å²) < 4.78 is 60.7. The van der Waals surface area contributed by atoms with Crippen molar-refractivity contribution in [2.24, 2.45) is 5.41 Å². The first-order chi connectivity index (χ1) is 18.6. The first-order valence-corrected chi connectivity index (χ1v) is 12.7. The van der Waals surface area contributed by atoms with Crippen LogP contribution in [0.5, 0.6) is 5.75 Å². The van der Waals surface area contributed by atoms with Crippen LogP contribution in [0.2, 0.25) is 0 Å². The van der Waals surface area contributed by atoms with E-state index in [9.17, 15) is 32.6 Å². The van der Waals surface area contributed by atoms with Gasteiger partial charge in [0, 0.05) is 36.2 Å². The molecule has 1 saturated heterocycles. The number of aliphatic hydroxyl groups excluding tert-OH is 1. The number of carbonyl (C=O) groups is 1. The molecule has 0 amide bonds. The van der Waals surface area contributed by atoms with E-state index in [0.29, 0.717) is 61.6 Å². The summed E-state index contributed by atoms with van der Waals surface area (Å²) in [5, 5.41) is 23.8. The SMILES string of the molecule is COc1ccc2ncc(F)c(C(O)CCC3(CC(=O)O)CCN(CCNc4cc(F)cc(F)c4F)CC3)c2c1. The van der Waals surface area contributed by atoms with Crippen LogP contribution in [0.25, 0.3) is 10.9 Å². The molecule has 1 aliphatic rings. The molecule has 1 atom stereocenters. The number of pyridine rings is 1. The smallest absolute Gasteiger partial charge is 0.303 e. The minimum absolute atomic E-state index is 0.0903. The Morgan fingerprint density at radius 3 is 2.59 bits per heavy atom. The minimum atomic E-state index is -1.27.